The van der Waals surface area contributed by atoms with Gasteiger partial charge in [0.05, 0.1) is 0 Å². The largest absolute Gasteiger partial charge is 0.396 e. The second kappa shape index (κ2) is 7.19. The average molecular weight is 279 g/mol. The van der Waals surface area contributed by atoms with Crippen LogP contribution in [0.1, 0.15) is 38.2 Å². The van der Waals surface area contributed by atoms with Gasteiger partial charge in [-0.3, -0.25) is 0 Å². The summed E-state index contributed by atoms with van der Waals surface area (Å²) in [6.07, 6.45) is 5.27. The molecule has 0 radical (unpaired) electrons. The molecule has 1 aliphatic rings. The number of aliphatic hydroxyl groups excluding tert-OH is 1. The number of halogens is 1. The van der Waals surface area contributed by atoms with E-state index in [9.17, 15) is 9.50 Å². The molecular weight excluding hydrogens is 253 g/mol. The van der Waals surface area contributed by atoms with Crippen molar-refractivity contribution in [2.45, 2.75) is 39.0 Å². The van der Waals surface area contributed by atoms with Gasteiger partial charge in [-0.25, -0.2) is 4.39 Å². The Balaban J connectivity index is 1.71. The van der Waals surface area contributed by atoms with Crippen molar-refractivity contribution in [2.75, 3.05) is 26.2 Å². The van der Waals surface area contributed by atoms with Crippen LogP contribution >= 0.6 is 0 Å². The number of aliphatic hydroxyl groups is 1. The molecule has 0 bridgehead atoms. The molecule has 0 aromatic heterocycles. The lowest BCUT2D eigenvalue weighted by Crippen LogP contribution is -2.42. The van der Waals surface area contributed by atoms with E-state index in [1.165, 1.54) is 6.07 Å². The molecule has 0 spiro atoms. The van der Waals surface area contributed by atoms with Crippen molar-refractivity contribution >= 4 is 0 Å². The molecule has 2 rings (SSSR count). The molecule has 1 aromatic rings. The van der Waals surface area contributed by atoms with Crippen molar-refractivity contribution in [1.82, 2.24) is 4.90 Å². The number of hydrogen-bond acceptors (Lipinski definition) is 2. The minimum Gasteiger partial charge on any atom is -0.396 e. The third kappa shape index (κ3) is 4.03. The summed E-state index contributed by atoms with van der Waals surface area (Å²) < 4.78 is 13.1. The molecule has 2 nitrogen and oxygen atoms in total. The Morgan fingerprint density at radius 3 is 2.65 bits per heavy atom. The molecule has 0 saturated carbocycles. The summed E-state index contributed by atoms with van der Waals surface area (Å²) in [5.41, 5.74) is 1.25. The lowest BCUT2D eigenvalue weighted by Gasteiger charge is -2.40. The molecule has 0 amide bonds. The molecular formula is C17H26FNO. The first-order valence-corrected chi connectivity index (χ1v) is 7.75. The van der Waals surface area contributed by atoms with E-state index < -0.39 is 0 Å². The quantitative estimate of drug-likeness (QED) is 0.864. The van der Waals surface area contributed by atoms with Crippen LogP contribution in [0.25, 0.3) is 0 Å². The normalized spacial score (nSPS) is 19.1. The molecule has 1 aromatic carbocycles. The Morgan fingerprint density at radius 1 is 1.30 bits per heavy atom. The molecule has 3 heteroatoms. The van der Waals surface area contributed by atoms with E-state index in [4.69, 9.17) is 0 Å². The van der Waals surface area contributed by atoms with E-state index in [0.29, 0.717) is 6.61 Å². The van der Waals surface area contributed by atoms with E-state index in [0.717, 1.165) is 57.3 Å². The van der Waals surface area contributed by atoms with E-state index in [1.54, 1.807) is 12.1 Å². The smallest absolute Gasteiger partial charge is 0.123 e. The number of aryl methyl sites for hydroxylation is 1. The maximum atomic E-state index is 13.1. The molecule has 0 unspecified atom stereocenters. The van der Waals surface area contributed by atoms with Gasteiger partial charge in [-0.2, -0.15) is 0 Å². The fraction of sp³-hybridized carbons (Fsp3) is 0.647. The summed E-state index contributed by atoms with van der Waals surface area (Å²) in [5, 5.41) is 9.52. The van der Waals surface area contributed by atoms with Crippen LogP contribution in [0, 0.1) is 11.2 Å². The van der Waals surface area contributed by atoms with E-state index in [1.807, 2.05) is 6.07 Å². The molecule has 20 heavy (non-hydrogen) atoms. The Hall–Kier alpha value is -0.930. The van der Waals surface area contributed by atoms with Gasteiger partial charge in [0, 0.05) is 6.61 Å². The number of rotatable bonds is 6. The van der Waals surface area contributed by atoms with Crippen LogP contribution in [0.4, 0.5) is 4.39 Å². The summed E-state index contributed by atoms with van der Waals surface area (Å²) in [6.45, 7) is 5.73. The zero-order valence-corrected chi connectivity index (χ0v) is 12.4. The summed E-state index contributed by atoms with van der Waals surface area (Å²) in [4.78, 5) is 2.48. The number of hydrogen-bond donors (Lipinski definition) is 1. The zero-order chi connectivity index (χ0) is 14.4. The molecule has 1 N–H and O–H groups in total. The fourth-order valence-electron chi connectivity index (χ4n) is 3.07. The van der Waals surface area contributed by atoms with Crippen LogP contribution in [0.15, 0.2) is 24.3 Å². The Kier molecular flexibility index (Phi) is 5.55. The van der Waals surface area contributed by atoms with Crippen molar-refractivity contribution in [2.24, 2.45) is 5.41 Å². The van der Waals surface area contributed by atoms with Crippen LogP contribution in [0.2, 0.25) is 0 Å². The predicted molar refractivity (Wildman–Crippen MR) is 80.2 cm³/mol. The van der Waals surface area contributed by atoms with Crippen LogP contribution < -0.4 is 0 Å². The summed E-state index contributed by atoms with van der Waals surface area (Å²) in [5.74, 6) is -0.142. The highest BCUT2D eigenvalue weighted by Crippen LogP contribution is 2.34. The number of piperidine rings is 1. The van der Waals surface area contributed by atoms with Gasteiger partial charge in [0.25, 0.3) is 0 Å². The second-order valence-corrected chi connectivity index (χ2v) is 6.09. The average Bonchev–Trinajstić information content (AvgIpc) is 2.48. The van der Waals surface area contributed by atoms with Crippen LogP contribution in [-0.4, -0.2) is 36.2 Å². The summed E-state index contributed by atoms with van der Waals surface area (Å²) >= 11 is 0. The first kappa shape index (κ1) is 15.5. The lowest BCUT2D eigenvalue weighted by atomic mass is 9.77. The van der Waals surface area contributed by atoms with Crippen LogP contribution in [0.3, 0.4) is 0 Å². The number of likely N-dealkylation sites (tertiary alicyclic amines) is 1. The van der Waals surface area contributed by atoms with Crippen LogP contribution in [0.5, 0.6) is 0 Å². The molecule has 0 aliphatic carbocycles. The van der Waals surface area contributed by atoms with E-state index in [-0.39, 0.29) is 11.2 Å². The van der Waals surface area contributed by atoms with Gasteiger partial charge in [0.15, 0.2) is 0 Å². The maximum Gasteiger partial charge on any atom is 0.123 e. The van der Waals surface area contributed by atoms with Gasteiger partial charge in [-0.05, 0) is 74.8 Å². The van der Waals surface area contributed by atoms with E-state index in [2.05, 4.69) is 11.8 Å². The zero-order valence-electron chi connectivity index (χ0n) is 12.4. The Labute approximate surface area is 121 Å². The minimum atomic E-state index is -0.142. The van der Waals surface area contributed by atoms with E-state index >= 15 is 0 Å². The van der Waals surface area contributed by atoms with Gasteiger partial charge in [0.1, 0.15) is 5.82 Å². The van der Waals surface area contributed by atoms with Crippen LogP contribution in [-0.2, 0) is 6.42 Å². The predicted octanol–water partition coefficient (Wildman–Crippen LogP) is 3.24. The molecule has 1 fully saturated rings. The Morgan fingerprint density at radius 2 is 2.05 bits per heavy atom. The summed E-state index contributed by atoms with van der Waals surface area (Å²) in [7, 11) is 0. The number of benzene rings is 1. The van der Waals surface area contributed by atoms with Gasteiger partial charge < -0.3 is 10.0 Å². The highest BCUT2D eigenvalue weighted by molar-refractivity contribution is 5.16. The number of nitrogens with zero attached hydrogens (tertiary/aromatic N) is 1. The standard InChI is InChI=1S/C17H26FNO/c1-2-17(14-20)8-11-19(12-9-17)10-4-6-15-5-3-7-16(18)13-15/h3,5,7,13,20H,2,4,6,8-12,14H2,1H3. The minimum absolute atomic E-state index is 0.142. The monoisotopic (exact) mass is 279 g/mol. The van der Waals surface area contributed by atoms with Gasteiger partial charge >= 0.3 is 0 Å². The van der Waals surface area contributed by atoms with Gasteiger partial charge in [-0.1, -0.05) is 19.1 Å². The summed E-state index contributed by atoms with van der Waals surface area (Å²) in [6, 6.07) is 6.90. The van der Waals surface area contributed by atoms with Gasteiger partial charge in [0.2, 0.25) is 0 Å². The second-order valence-electron chi connectivity index (χ2n) is 6.09. The van der Waals surface area contributed by atoms with Crippen molar-refractivity contribution in [1.29, 1.82) is 0 Å². The van der Waals surface area contributed by atoms with Crippen molar-refractivity contribution in [3.63, 3.8) is 0 Å². The SMILES string of the molecule is CCC1(CO)CCN(CCCc2cccc(F)c2)CC1. The third-order valence-corrected chi connectivity index (χ3v) is 4.83. The molecule has 0 atom stereocenters. The molecule has 1 aliphatic heterocycles. The highest BCUT2D eigenvalue weighted by Gasteiger charge is 2.31. The third-order valence-electron chi connectivity index (χ3n) is 4.83. The van der Waals surface area contributed by atoms with Crippen molar-refractivity contribution < 1.29 is 9.50 Å². The molecule has 1 heterocycles. The lowest BCUT2D eigenvalue weighted by molar-refractivity contribution is 0.0407. The maximum absolute atomic E-state index is 13.1. The Bertz CT molecular complexity index is 407. The highest BCUT2D eigenvalue weighted by atomic mass is 19.1. The molecule has 1 saturated heterocycles. The fourth-order valence-corrected chi connectivity index (χ4v) is 3.07. The van der Waals surface area contributed by atoms with Crippen molar-refractivity contribution in [3.8, 4) is 0 Å². The topological polar surface area (TPSA) is 23.5 Å². The first-order valence-electron chi connectivity index (χ1n) is 7.75. The molecule has 112 valence electrons. The van der Waals surface area contributed by atoms with Gasteiger partial charge in [-0.15, -0.1) is 0 Å². The first-order chi connectivity index (χ1) is 9.67. The van der Waals surface area contributed by atoms with Crippen molar-refractivity contribution in [3.05, 3.63) is 35.6 Å².